The average Bonchev–Trinajstić information content (AvgIpc) is 3.10. The molecule has 3 rings (SSSR count). The number of nitrogens with zero attached hydrogens (tertiary/aromatic N) is 2. The van der Waals surface area contributed by atoms with Gasteiger partial charge in [0.15, 0.2) is 0 Å². The highest BCUT2D eigenvalue weighted by Crippen LogP contribution is 2.27. The van der Waals surface area contributed by atoms with Gasteiger partial charge in [0.25, 0.3) is 0 Å². The highest BCUT2D eigenvalue weighted by Gasteiger charge is 2.08. The number of allylic oxidation sites excluding steroid dienone is 3. The molecule has 2 aromatic carbocycles. The van der Waals surface area contributed by atoms with Crippen LogP contribution in [0.5, 0.6) is 0 Å². The van der Waals surface area contributed by atoms with Crippen LogP contribution in [0.25, 0.3) is 22.9 Å². The Morgan fingerprint density at radius 3 is 2.54 bits per heavy atom. The minimum atomic E-state index is 0.549. The van der Waals surface area contributed by atoms with Crippen molar-refractivity contribution in [1.82, 2.24) is 4.98 Å². The van der Waals surface area contributed by atoms with E-state index in [4.69, 9.17) is 11.6 Å². The van der Waals surface area contributed by atoms with E-state index in [-0.39, 0.29) is 0 Å². The lowest BCUT2D eigenvalue weighted by molar-refractivity contribution is 1.37. The largest absolute Gasteiger partial charge is 0.235 e. The Kier molecular flexibility index (Phi) is 5.22. The summed E-state index contributed by atoms with van der Waals surface area (Å²) in [5.41, 5.74) is 3.47. The fourth-order valence-electron chi connectivity index (χ4n) is 2.13. The van der Waals surface area contributed by atoms with E-state index < -0.39 is 0 Å². The summed E-state index contributed by atoms with van der Waals surface area (Å²) in [4.78, 5) is 4.56. The van der Waals surface area contributed by atoms with E-state index in [9.17, 15) is 5.26 Å². The Labute approximate surface area is 150 Å². The van der Waals surface area contributed by atoms with Crippen molar-refractivity contribution < 1.29 is 0 Å². The first-order chi connectivity index (χ1) is 11.8. The molecule has 0 amide bonds. The van der Waals surface area contributed by atoms with E-state index in [1.807, 2.05) is 72.1 Å². The third-order valence-corrected chi connectivity index (χ3v) is 4.47. The van der Waals surface area contributed by atoms with Crippen LogP contribution in [0.2, 0.25) is 5.02 Å². The summed E-state index contributed by atoms with van der Waals surface area (Å²) in [6.45, 7) is 0. The van der Waals surface area contributed by atoms with Gasteiger partial charge in [-0.1, -0.05) is 66.2 Å². The van der Waals surface area contributed by atoms with Crippen LogP contribution in [0.4, 0.5) is 0 Å². The predicted octanol–water partition coefficient (Wildman–Crippen LogP) is 6.08. The summed E-state index contributed by atoms with van der Waals surface area (Å²) >= 11 is 7.37. The van der Waals surface area contributed by atoms with E-state index in [1.54, 1.807) is 6.08 Å². The molecule has 0 saturated carbocycles. The van der Waals surface area contributed by atoms with E-state index in [0.717, 1.165) is 16.8 Å². The zero-order chi connectivity index (χ0) is 16.8. The van der Waals surface area contributed by atoms with Crippen LogP contribution in [-0.2, 0) is 0 Å². The van der Waals surface area contributed by atoms with Crippen molar-refractivity contribution in [3.05, 3.63) is 87.7 Å². The molecular formula is C20H13ClN2S. The van der Waals surface area contributed by atoms with Gasteiger partial charge >= 0.3 is 0 Å². The fraction of sp³-hybridized carbons (Fsp3) is 0. The summed E-state index contributed by atoms with van der Waals surface area (Å²) in [5.74, 6) is 0. The van der Waals surface area contributed by atoms with Crippen LogP contribution in [-0.4, -0.2) is 4.98 Å². The van der Waals surface area contributed by atoms with Gasteiger partial charge in [0, 0.05) is 16.0 Å². The lowest BCUT2D eigenvalue weighted by Gasteiger charge is -1.96. The van der Waals surface area contributed by atoms with Crippen molar-refractivity contribution >= 4 is 34.6 Å². The van der Waals surface area contributed by atoms with Crippen LogP contribution in [0.15, 0.2) is 72.1 Å². The lowest BCUT2D eigenvalue weighted by Crippen LogP contribution is -1.81. The predicted molar refractivity (Wildman–Crippen MR) is 102 cm³/mol. The maximum Gasteiger partial charge on any atom is 0.134 e. The quantitative estimate of drug-likeness (QED) is 0.423. The summed E-state index contributed by atoms with van der Waals surface area (Å²) in [5, 5.41) is 12.7. The van der Waals surface area contributed by atoms with Crippen molar-refractivity contribution in [2.45, 2.75) is 0 Å². The van der Waals surface area contributed by atoms with Gasteiger partial charge in [-0.15, -0.1) is 11.3 Å². The van der Waals surface area contributed by atoms with Crippen molar-refractivity contribution in [3.63, 3.8) is 0 Å². The molecule has 0 aliphatic heterocycles. The van der Waals surface area contributed by atoms with Gasteiger partial charge in [0.1, 0.15) is 11.1 Å². The molecule has 0 saturated heterocycles. The minimum absolute atomic E-state index is 0.549. The van der Waals surface area contributed by atoms with Gasteiger partial charge in [-0.25, -0.2) is 4.98 Å². The Bertz CT molecular complexity index is 916. The van der Waals surface area contributed by atoms with E-state index in [1.165, 1.54) is 11.3 Å². The van der Waals surface area contributed by atoms with Crippen molar-refractivity contribution in [2.75, 3.05) is 0 Å². The number of halogens is 1. The van der Waals surface area contributed by atoms with Gasteiger partial charge in [-0.3, -0.25) is 0 Å². The highest BCUT2D eigenvalue weighted by atomic mass is 35.5. The standard InChI is InChI=1S/C20H13ClN2S/c21-18-11-9-16(10-12-18)19-14-24-20(23-19)17(13-22)8-4-7-15-5-2-1-3-6-15/h1-12,14H/b7-4+,17-8-. The SMILES string of the molecule is N#C/C(=C/C=C/c1ccccc1)c1nc(-c2ccc(Cl)cc2)cs1. The van der Waals surface area contributed by atoms with Crippen LogP contribution < -0.4 is 0 Å². The van der Waals surface area contributed by atoms with E-state index in [2.05, 4.69) is 11.1 Å². The molecule has 2 nitrogen and oxygen atoms in total. The lowest BCUT2D eigenvalue weighted by atomic mass is 10.2. The molecule has 1 aromatic heterocycles. The Balaban J connectivity index is 1.82. The maximum absolute atomic E-state index is 9.39. The maximum atomic E-state index is 9.39. The molecule has 3 aromatic rings. The molecule has 0 fully saturated rings. The molecule has 0 atom stereocenters. The van der Waals surface area contributed by atoms with Crippen LogP contribution in [0.1, 0.15) is 10.6 Å². The average molecular weight is 349 g/mol. The Morgan fingerprint density at radius 2 is 1.83 bits per heavy atom. The number of benzene rings is 2. The number of aromatic nitrogens is 1. The molecule has 0 spiro atoms. The van der Waals surface area contributed by atoms with Crippen molar-refractivity contribution in [1.29, 1.82) is 5.26 Å². The number of thiazole rings is 1. The molecule has 116 valence electrons. The Hall–Kier alpha value is -2.67. The first-order valence-electron chi connectivity index (χ1n) is 7.31. The number of hydrogen-bond donors (Lipinski definition) is 0. The van der Waals surface area contributed by atoms with Gasteiger partial charge < -0.3 is 0 Å². The normalized spacial score (nSPS) is 11.6. The third-order valence-electron chi connectivity index (χ3n) is 3.35. The molecule has 0 unspecified atom stereocenters. The summed E-state index contributed by atoms with van der Waals surface area (Å²) < 4.78 is 0. The molecular weight excluding hydrogens is 336 g/mol. The molecule has 4 heteroatoms. The van der Waals surface area contributed by atoms with Crippen molar-refractivity contribution in [2.24, 2.45) is 0 Å². The van der Waals surface area contributed by atoms with Gasteiger partial charge in [-0.2, -0.15) is 5.26 Å². The monoisotopic (exact) mass is 348 g/mol. The molecule has 0 bridgehead atoms. The highest BCUT2D eigenvalue weighted by molar-refractivity contribution is 7.11. The first-order valence-corrected chi connectivity index (χ1v) is 8.57. The number of rotatable bonds is 4. The van der Waals surface area contributed by atoms with Crippen LogP contribution >= 0.6 is 22.9 Å². The summed E-state index contributed by atoms with van der Waals surface area (Å²) in [6.07, 6.45) is 5.62. The zero-order valence-electron chi connectivity index (χ0n) is 12.7. The fourth-order valence-corrected chi connectivity index (χ4v) is 3.06. The topological polar surface area (TPSA) is 36.7 Å². The Morgan fingerprint density at radius 1 is 1.08 bits per heavy atom. The first kappa shape index (κ1) is 16.2. The summed E-state index contributed by atoms with van der Waals surface area (Å²) in [7, 11) is 0. The number of nitriles is 1. The molecule has 0 radical (unpaired) electrons. The molecule has 0 aliphatic rings. The van der Waals surface area contributed by atoms with Crippen molar-refractivity contribution in [3.8, 4) is 17.3 Å². The van der Waals surface area contributed by atoms with Gasteiger partial charge in [0.05, 0.1) is 11.3 Å². The number of hydrogen-bond acceptors (Lipinski definition) is 3. The van der Waals surface area contributed by atoms with Crippen LogP contribution in [0, 0.1) is 11.3 Å². The third kappa shape index (κ3) is 3.99. The smallest absolute Gasteiger partial charge is 0.134 e. The molecule has 24 heavy (non-hydrogen) atoms. The molecule has 0 aliphatic carbocycles. The second-order valence-electron chi connectivity index (χ2n) is 5.01. The van der Waals surface area contributed by atoms with Gasteiger partial charge in [-0.05, 0) is 23.8 Å². The second kappa shape index (κ2) is 7.74. The molecule has 1 heterocycles. The van der Waals surface area contributed by atoms with E-state index in [0.29, 0.717) is 15.6 Å². The van der Waals surface area contributed by atoms with E-state index >= 15 is 0 Å². The summed E-state index contributed by atoms with van der Waals surface area (Å²) in [6, 6.07) is 19.7. The van der Waals surface area contributed by atoms with Gasteiger partial charge in [0.2, 0.25) is 0 Å². The zero-order valence-corrected chi connectivity index (χ0v) is 14.3. The minimum Gasteiger partial charge on any atom is -0.235 e. The molecule has 0 N–H and O–H groups in total. The van der Waals surface area contributed by atoms with Crippen LogP contribution in [0.3, 0.4) is 0 Å². The second-order valence-corrected chi connectivity index (χ2v) is 6.30.